The van der Waals surface area contributed by atoms with Gasteiger partial charge in [0.15, 0.2) is 0 Å². The molecule has 0 spiro atoms. The Labute approximate surface area is 161 Å². The van der Waals surface area contributed by atoms with E-state index in [0.717, 1.165) is 12.1 Å². The van der Waals surface area contributed by atoms with E-state index in [0.29, 0.717) is 30.5 Å². The van der Waals surface area contributed by atoms with Gasteiger partial charge in [0.05, 0.1) is 16.5 Å². The Kier molecular flexibility index (Phi) is 5.78. The molecule has 1 heterocycles. The van der Waals surface area contributed by atoms with Gasteiger partial charge in [-0.15, -0.1) is 0 Å². The average Bonchev–Trinajstić information content (AvgIpc) is 2.64. The number of nitrogens with one attached hydrogen (secondary N) is 1. The van der Waals surface area contributed by atoms with Crippen LogP contribution in [0, 0.1) is 17.6 Å². The summed E-state index contributed by atoms with van der Waals surface area (Å²) < 4.78 is 53.5. The first-order valence-corrected chi connectivity index (χ1v) is 10.1. The molecule has 3 rings (SSSR count). The fourth-order valence-corrected chi connectivity index (χ4v) is 4.61. The Hall–Kier alpha value is -2.03. The quantitative estimate of drug-likeness (QED) is 0.830. The monoisotopic (exact) mass is 414 g/mol. The summed E-state index contributed by atoms with van der Waals surface area (Å²) in [7, 11) is -3.76. The van der Waals surface area contributed by atoms with Gasteiger partial charge in [-0.2, -0.15) is 4.31 Å². The van der Waals surface area contributed by atoms with Gasteiger partial charge in [0.25, 0.3) is 0 Å². The second kappa shape index (κ2) is 7.92. The number of amides is 1. The molecule has 0 radical (unpaired) electrons. The van der Waals surface area contributed by atoms with Gasteiger partial charge in [0.2, 0.25) is 15.9 Å². The van der Waals surface area contributed by atoms with Crippen molar-refractivity contribution in [3.05, 3.63) is 59.1 Å². The normalized spacial score (nSPS) is 18.3. The smallest absolute Gasteiger partial charge is 0.243 e. The van der Waals surface area contributed by atoms with Gasteiger partial charge >= 0.3 is 0 Å². The van der Waals surface area contributed by atoms with E-state index in [9.17, 15) is 22.0 Å². The molecule has 0 bridgehead atoms. The van der Waals surface area contributed by atoms with Gasteiger partial charge in [-0.25, -0.2) is 17.2 Å². The SMILES string of the molecule is O=C(Nc1ccc(F)cc1F)[C@H]1CCCN(S(=O)(=O)c2ccc(Cl)cc2)C1. The van der Waals surface area contributed by atoms with E-state index < -0.39 is 33.5 Å². The number of anilines is 1. The molecule has 2 aromatic rings. The minimum absolute atomic E-state index is 0.0143. The zero-order chi connectivity index (χ0) is 19.6. The predicted molar refractivity (Wildman–Crippen MR) is 97.9 cm³/mol. The zero-order valence-electron chi connectivity index (χ0n) is 14.2. The van der Waals surface area contributed by atoms with Crippen LogP contribution >= 0.6 is 11.6 Å². The van der Waals surface area contributed by atoms with Crippen molar-refractivity contribution in [2.24, 2.45) is 5.92 Å². The lowest BCUT2D eigenvalue weighted by Crippen LogP contribution is -2.43. The zero-order valence-corrected chi connectivity index (χ0v) is 15.7. The molecule has 144 valence electrons. The maximum Gasteiger partial charge on any atom is 0.243 e. The number of rotatable bonds is 4. The highest BCUT2D eigenvalue weighted by Gasteiger charge is 2.33. The molecule has 1 N–H and O–H groups in total. The Morgan fingerprint density at radius 3 is 2.52 bits per heavy atom. The van der Waals surface area contributed by atoms with Gasteiger partial charge in [-0.1, -0.05) is 11.6 Å². The van der Waals surface area contributed by atoms with Crippen LogP contribution in [0.3, 0.4) is 0 Å². The van der Waals surface area contributed by atoms with E-state index in [1.807, 2.05) is 0 Å². The Balaban J connectivity index is 1.73. The topological polar surface area (TPSA) is 66.5 Å². The number of hydrogen-bond donors (Lipinski definition) is 1. The van der Waals surface area contributed by atoms with Crippen LogP contribution in [0.2, 0.25) is 5.02 Å². The maximum absolute atomic E-state index is 13.7. The van der Waals surface area contributed by atoms with Crippen LogP contribution in [-0.4, -0.2) is 31.7 Å². The first-order chi connectivity index (χ1) is 12.8. The first-order valence-electron chi connectivity index (χ1n) is 8.29. The van der Waals surface area contributed by atoms with E-state index in [-0.39, 0.29) is 17.1 Å². The van der Waals surface area contributed by atoms with Crippen LogP contribution in [0.1, 0.15) is 12.8 Å². The molecule has 1 amide bonds. The third kappa shape index (κ3) is 4.45. The number of nitrogens with zero attached hydrogens (tertiary/aromatic N) is 1. The Morgan fingerprint density at radius 2 is 1.85 bits per heavy atom. The van der Waals surface area contributed by atoms with Crippen molar-refractivity contribution in [1.29, 1.82) is 0 Å². The number of carbonyl (C=O) groups excluding carboxylic acids is 1. The molecule has 1 saturated heterocycles. The first kappa shape index (κ1) is 19.7. The maximum atomic E-state index is 13.7. The lowest BCUT2D eigenvalue weighted by molar-refractivity contribution is -0.120. The molecule has 1 fully saturated rings. The molecule has 27 heavy (non-hydrogen) atoms. The highest BCUT2D eigenvalue weighted by molar-refractivity contribution is 7.89. The highest BCUT2D eigenvalue weighted by atomic mass is 35.5. The van der Waals surface area contributed by atoms with Crippen molar-refractivity contribution in [2.45, 2.75) is 17.7 Å². The van der Waals surface area contributed by atoms with Gasteiger partial charge in [-0.05, 0) is 49.2 Å². The molecular formula is C18H17ClF2N2O3S. The second-order valence-corrected chi connectivity index (χ2v) is 8.64. The number of piperidine rings is 1. The van der Waals surface area contributed by atoms with Gasteiger partial charge in [0.1, 0.15) is 11.6 Å². The van der Waals surface area contributed by atoms with Crippen molar-refractivity contribution in [1.82, 2.24) is 4.31 Å². The molecule has 0 unspecified atom stereocenters. The summed E-state index contributed by atoms with van der Waals surface area (Å²) in [6, 6.07) is 8.64. The largest absolute Gasteiger partial charge is 0.323 e. The summed E-state index contributed by atoms with van der Waals surface area (Å²) in [5, 5.41) is 2.83. The molecule has 0 aliphatic carbocycles. The molecule has 5 nitrogen and oxygen atoms in total. The minimum atomic E-state index is -3.76. The van der Waals surface area contributed by atoms with Crippen molar-refractivity contribution < 1.29 is 22.0 Å². The van der Waals surface area contributed by atoms with E-state index in [1.54, 1.807) is 0 Å². The Morgan fingerprint density at radius 1 is 1.15 bits per heavy atom. The van der Waals surface area contributed by atoms with Crippen LogP contribution < -0.4 is 5.32 Å². The van der Waals surface area contributed by atoms with Crippen LogP contribution in [0.15, 0.2) is 47.4 Å². The molecule has 1 atom stereocenters. The van der Waals surface area contributed by atoms with Crippen molar-refractivity contribution >= 4 is 33.2 Å². The summed E-state index contributed by atoms with van der Waals surface area (Å²) >= 11 is 5.80. The highest BCUT2D eigenvalue weighted by Crippen LogP contribution is 2.26. The van der Waals surface area contributed by atoms with Crippen LogP contribution in [0.5, 0.6) is 0 Å². The molecular weight excluding hydrogens is 398 g/mol. The summed E-state index contributed by atoms with van der Waals surface area (Å²) in [5.41, 5.74) is -0.140. The van der Waals surface area contributed by atoms with E-state index >= 15 is 0 Å². The number of hydrogen-bond acceptors (Lipinski definition) is 3. The summed E-state index contributed by atoms with van der Waals surface area (Å²) in [6.45, 7) is 0.277. The lowest BCUT2D eigenvalue weighted by atomic mass is 9.98. The van der Waals surface area contributed by atoms with Gasteiger partial charge < -0.3 is 5.32 Å². The number of halogens is 3. The molecule has 2 aromatic carbocycles. The van der Waals surface area contributed by atoms with E-state index in [2.05, 4.69) is 5.32 Å². The van der Waals surface area contributed by atoms with Crippen molar-refractivity contribution in [2.75, 3.05) is 18.4 Å². The average molecular weight is 415 g/mol. The third-order valence-corrected chi connectivity index (χ3v) is 6.53. The predicted octanol–water partition coefficient (Wildman–Crippen LogP) is 3.66. The molecule has 1 aliphatic rings. The number of benzene rings is 2. The van der Waals surface area contributed by atoms with Crippen molar-refractivity contribution in [3.63, 3.8) is 0 Å². The number of carbonyl (C=O) groups is 1. The van der Waals surface area contributed by atoms with Gasteiger partial charge in [0, 0.05) is 24.2 Å². The summed E-state index contributed by atoms with van der Waals surface area (Å²) in [4.78, 5) is 12.5. The van der Waals surface area contributed by atoms with E-state index in [1.165, 1.54) is 28.6 Å². The van der Waals surface area contributed by atoms with Crippen LogP contribution in [0.25, 0.3) is 0 Å². The molecule has 0 saturated carbocycles. The standard InChI is InChI=1S/C18H17ClF2N2O3S/c19-13-3-6-15(7-4-13)27(25,26)23-9-1-2-12(11-23)18(24)22-17-8-5-14(20)10-16(17)21/h3-8,10,12H,1-2,9,11H2,(H,22,24)/t12-/m0/s1. The fourth-order valence-electron chi connectivity index (χ4n) is 2.96. The summed E-state index contributed by atoms with van der Waals surface area (Å²) in [6.07, 6.45) is 0.970. The van der Waals surface area contributed by atoms with Crippen LogP contribution in [0.4, 0.5) is 14.5 Å². The summed E-state index contributed by atoms with van der Waals surface area (Å²) in [5.74, 6) is -2.77. The molecule has 0 aromatic heterocycles. The third-order valence-electron chi connectivity index (χ3n) is 4.40. The second-order valence-electron chi connectivity index (χ2n) is 6.27. The van der Waals surface area contributed by atoms with Crippen LogP contribution in [-0.2, 0) is 14.8 Å². The molecule has 1 aliphatic heterocycles. The number of sulfonamides is 1. The van der Waals surface area contributed by atoms with Gasteiger partial charge in [-0.3, -0.25) is 4.79 Å². The van der Waals surface area contributed by atoms with E-state index in [4.69, 9.17) is 11.6 Å². The van der Waals surface area contributed by atoms with Crippen molar-refractivity contribution in [3.8, 4) is 0 Å². The Bertz CT molecular complexity index is 952. The molecule has 9 heteroatoms. The fraction of sp³-hybridized carbons (Fsp3) is 0.278. The minimum Gasteiger partial charge on any atom is -0.323 e. The lowest BCUT2D eigenvalue weighted by Gasteiger charge is -2.31.